The summed E-state index contributed by atoms with van der Waals surface area (Å²) in [5.74, 6) is -0.0380. The molecule has 0 atom stereocenters. The number of hydrogen-bond donors (Lipinski definition) is 2. The average Bonchev–Trinajstić information content (AvgIpc) is 2.53. The maximum absolute atomic E-state index is 12.0. The molecule has 6 nitrogen and oxygen atoms in total. The second kappa shape index (κ2) is 7.79. The van der Waals surface area contributed by atoms with E-state index in [1.807, 2.05) is 38.1 Å². The first-order valence-corrected chi connectivity index (χ1v) is 7.81. The van der Waals surface area contributed by atoms with Crippen molar-refractivity contribution in [1.82, 2.24) is 10.2 Å². The molecule has 22 heavy (non-hydrogen) atoms. The van der Waals surface area contributed by atoms with Gasteiger partial charge in [-0.25, -0.2) is 4.79 Å². The Morgan fingerprint density at radius 1 is 1.36 bits per heavy atom. The lowest BCUT2D eigenvalue weighted by Crippen LogP contribution is -2.46. The van der Waals surface area contributed by atoms with Gasteiger partial charge in [0, 0.05) is 24.5 Å². The first kappa shape index (κ1) is 16.3. The smallest absolute Gasteiger partial charge is 0.321 e. The number of carbonyl (C=O) groups is 2. The van der Waals surface area contributed by atoms with E-state index in [2.05, 4.69) is 15.5 Å². The van der Waals surface area contributed by atoms with E-state index in [0.717, 1.165) is 31.7 Å². The minimum Gasteiger partial charge on any atom is -0.338 e. The second-order valence-electron chi connectivity index (χ2n) is 5.30. The lowest BCUT2D eigenvalue weighted by molar-refractivity contribution is -0.117. The van der Waals surface area contributed by atoms with Crippen LogP contribution < -0.4 is 15.5 Å². The van der Waals surface area contributed by atoms with E-state index >= 15 is 0 Å². The zero-order valence-corrected chi connectivity index (χ0v) is 13.3. The fourth-order valence-electron chi connectivity index (χ4n) is 2.48. The van der Waals surface area contributed by atoms with Crippen molar-refractivity contribution in [3.63, 3.8) is 0 Å². The second-order valence-corrected chi connectivity index (χ2v) is 5.30. The van der Waals surface area contributed by atoms with E-state index in [4.69, 9.17) is 0 Å². The molecule has 1 saturated heterocycles. The molecule has 0 spiro atoms. The molecule has 0 saturated carbocycles. The highest BCUT2D eigenvalue weighted by molar-refractivity contribution is 5.95. The Morgan fingerprint density at radius 3 is 2.82 bits per heavy atom. The molecule has 0 aromatic heterocycles. The van der Waals surface area contributed by atoms with Crippen molar-refractivity contribution in [2.45, 2.75) is 20.3 Å². The van der Waals surface area contributed by atoms with Crippen LogP contribution in [-0.4, -0.2) is 49.6 Å². The summed E-state index contributed by atoms with van der Waals surface area (Å²) < 4.78 is 0. The highest BCUT2D eigenvalue weighted by Gasteiger charge is 2.19. The number of urea groups is 1. The number of rotatable bonds is 6. The zero-order valence-electron chi connectivity index (χ0n) is 13.3. The topological polar surface area (TPSA) is 64.7 Å². The largest absolute Gasteiger partial charge is 0.338 e. The fraction of sp³-hybridized carbons (Fsp3) is 0.500. The Bertz CT molecular complexity index is 529. The van der Waals surface area contributed by atoms with Crippen molar-refractivity contribution in [3.8, 4) is 0 Å². The lowest BCUT2D eigenvalue weighted by Gasteiger charge is -2.27. The first-order valence-electron chi connectivity index (χ1n) is 7.81. The molecular weight excluding hydrogens is 280 g/mol. The quantitative estimate of drug-likeness (QED) is 0.843. The molecule has 1 aromatic carbocycles. The third kappa shape index (κ3) is 4.21. The number of likely N-dealkylation sites (N-methyl/N-ethyl adjacent to an activating group) is 1. The van der Waals surface area contributed by atoms with Crippen molar-refractivity contribution in [1.29, 1.82) is 0 Å². The third-order valence-electron chi connectivity index (χ3n) is 3.78. The van der Waals surface area contributed by atoms with Crippen LogP contribution >= 0.6 is 0 Å². The van der Waals surface area contributed by atoms with E-state index in [0.29, 0.717) is 18.8 Å². The van der Waals surface area contributed by atoms with E-state index in [9.17, 15) is 9.59 Å². The number of carbonyl (C=O) groups excluding carboxylic acids is 2. The van der Waals surface area contributed by atoms with E-state index in [-0.39, 0.29) is 11.9 Å². The van der Waals surface area contributed by atoms with Crippen LogP contribution in [0.25, 0.3) is 0 Å². The minimum atomic E-state index is -0.0853. The van der Waals surface area contributed by atoms with Crippen LogP contribution in [0.15, 0.2) is 24.3 Å². The van der Waals surface area contributed by atoms with Crippen LogP contribution in [0, 0.1) is 0 Å². The van der Waals surface area contributed by atoms with Crippen molar-refractivity contribution < 1.29 is 9.59 Å². The van der Waals surface area contributed by atoms with Crippen molar-refractivity contribution in [2.75, 3.05) is 42.9 Å². The maximum Gasteiger partial charge on any atom is 0.321 e. The SMILES string of the molecule is CCN(CC)CC(=O)Nc1cccc(N2CCCNC2=O)c1. The van der Waals surface area contributed by atoms with Gasteiger partial charge in [-0.3, -0.25) is 14.6 Å². The Kier molecular flexibility index (Phi) is 5.77. The molecule has 1 heterocycles. The molecule has 1 aromatic rings. The van der Waals surface area contributed by atoms with Gasteiger partial charge < -0.3 is 10.6 Å². The predicted octanol–water partition coefficient (Wildman–Crippen LogP) is 1.89. The van der Waals surface area contributed by atoms with Gasteiger partial charge >= 0.3 is 6.03 Å². The maximum atomic E-state index is 12.0. The first-order chi connectivity index (χ1) is 10.6. The molecule has 120 valence electrons. The van der Waals surface area contributed by atoms with Gasteiger partial charge in [0.25, 0.3) is 0 Å². The summed E-state index contributed by atoms with van der Waals surface area (Å²) >= 11 is 0. The summed E-state index contributed by atoms with van der Waals surface area (Å²) in [5.41, 5.74) is 1.52. The van der Waals surface area contributed by atoms with Crippen LogP contribution in [0.4, 0.5) is 16.2 Å². The van der Waals surface area contributed by atoms with Crippen LogP contribution in [-0.2, 0) is 4.79 Å². The normalized spacial score (nSPS) is 14.9. The summed E-state index contributed by atoms with van der Waals surface area (Å²) in [6, 6.07) is 7.32. The number of amides is 3. The Balaban J connectivity index is 2.02. The number of benzene rings is 1. The molecule has 1 fully saturated rings. The van der Waals surface area contributed by atoms with Crippen LogP contribution in [0.2, 0.25) is 0 Å². The molecular formula is C16H24N4O2. The van der Waals surface area contributed by atoms with E-state index < -0.39 is 0 Å². The van der Waals surface area contributed by atoms with Gasteiger partial charge in [-0.1, -0.05) is 19.9 Å². The van der Waals surface area contributed by atoms with E-state index in [1.165, 1.54) is 0 Å². The standard InChI is InChI=1S/C16H24N4O2/c1-3-19(4-2)12-15(21)18-13-7-5-8-14(11-13)20-10-6-9-17-16(20)22/h5,7-8,11H,3-4,6,9-10,12H2,1-2H3,(H,17,22)(H,18,21). The van der Waals surface area contributed by atoms with Crippen molar-refractivity contribution >= 4 is 23.3 Å². The summed E-state index contributed by atoms with van der Waals surface area (Å²) in [7, 11) is 0. The van der Waals surface area contributed by atoms with Crippen LogP contribution in [0.1, 0.15) is 20.3 Å². The molecule has 0 bridgehead atoms. The van der Waals surface area contributed by atoms with Gasteiger partial charge in [0.05, 0.1) is 6.54 Å². The molecule has 2 rings (SSSR count). The highest BCUT2D eigenvalue weighted by atomic mass is 16.2. The van der Waals surface area contributed by atoms with Gasteiger partial charge in [-0.15, -0.1) is 0 Å². The molecule has 3 amide bonds. The van der Waals surface area contributed by atoms with Crippen molar-refractivity contribution in [2.24, 2.45) is 0 Å². The molecule has 2 N–H and O–H groups in total. The third-order valence-corrected chi connectivity index (χ3v) is 3.78. The van der Waals surface area contributed by atoms with Gasteiger partial charge in [0.1, 0.15) is 0 Å². The lowest BCUT2D eigenvalue weighted by atomic mass is 10.2. The summed E-state index contributed by atoms with van der Waals surface area (Å²) in [4.78, 5) is 27.7. The molecule has 0 radical (unpaired) electrons. The van der Waals surface area contributed by atoms with Gasteiger partial charge in [-0.2, -0.15) is 0 Å². The monoisotopic (exact) mass is 304 g/mol. The molecule has 1 aliphatic heterocycles. The number of nitrogens with zero attached hydrogens (tertiary/aromatic N) is 2. The highest BCUT2D eigenvalue weighted by Crippen LogP contribution is 2.21. The number of anilines is 2. The average molecular weight is 304 g/mol. The van der Waals surface area contributed by atoms with Crippen LogP contribution in [0.3, 0.4) is 0 Å². The summed E-state index contributed by atoms with van der Waals surface area (Å²) in [6.45, 7) is 7.55. The van der Waals surface area contributed by atoms with Gasteiger partial charge in [0.2, 0.25) is 5.91 Å². The van der Waals surface area contributed by atoms with Gasteiger partial charge in [-0.05, 0) is 37.7 Å². The Hall–Kier alpha value is -2.08. The van der Waals surface area contributed by atoms with Crippen LogP contribution in [0.5, 0.6) is 0 Å². The Labute approximate surface area is 131 Å². The minimum absolute atomic E-state index is 0.0380. The molecule has 6 heteroatoms. The molecule has 0 aliphatic carbocycles. The molecule has 0 unspecified atom stereocenters. The summed E-state index contributed by atoms with van der Waals surface area (Å²) in [5, 5.41) is 5.72. The number of hydrogen-bond acceptors (Lipinski definition) is 3. The van der Waals surface area contributed by atoms with Gasteiger partial charge in [0.15, 0.2) is 0 Å². The zero-order chi connectivity index (χ0) is 15.9. The van der Waals surface area contributed by atoms with Crippen molar-refractivity contribution in [3.05, 3.63) is 24.3 Å². The predicted molar refractivity (Wildman–Crippen MR) is 88.2 cm³/mol. The molecule has 1 aliphatic rings. The van der Waals surface area contributed by atoms with E-state index in [1.54, 1.807) is 4.90 Å². The fourth-order valence-corrected chi connectivity index (χ4v) is 2.48. The number of nitrogens with one attached hydrogen (secondary N) is 2. The Morgan fingerprint density at radius 2 is 2.14 bits per heavy atom. The summed E-state index contributed by atoms with van der Waals surface area (Å²) in [6.07, 6.45) is 0.921.